The van der Waals surface area contributed by atoms with Gasteiger partial charge in [0.05, 0.1) is 22.0 Å². The number of nitro groups is 2. The Morgan fingerprint density at radius 3 is 1.57 bits per heavy atom. The van der Waals surface area contributed by atoms with E-state index in [0.717, 1.165) is 12.1 Å². The van der Waals surface area contributed by atoms with E-state index in [0.29, 0.717) is 6.42 Å². The van der Waals surface area contributed by atoms with Crippen molar-refractivity contribution in [1.82, 2.24) is 0 Å². The van der Waals surface area contributed by atoms with Crippen molar-refractivity contribution < 1.29 is 26.6 Å². The van der Waals surface area contributed by atoms with Gasteiger partial charge in [-0.1, -0.05) is 12.1 Å². The van der Waals surface area contributed by atoms with Gasteiger partial charge in [-0.15, -0.1) is 0 Å². The SMILES string of the molecule is O=[N+]([O-])c1cccc(OS(=O)C2(S(=O)Oc3cccc([N+](=O)[O-])c3)CCC2)c1. The summed E-state index contributed by atoms with van der Waals surface area (Å²) >= 11 is -4.22. The Bertz CT molecular complexity index is 903. The van der Waals surface area contributed by atoms with Crippen molar-refractivity contribution in [3.8, 4) is 11.5 Å². The molecule has 0 aromatic heterocycles. The molecule has 28 heavy (non-hydrogen) atoms. The lowest BCUT2D eigenvalue weighted by Gasteiger charge is -2.36. The van der Waals surface area contributed by atoms with Crippen LogP contribution in [0.3, 0.4) is 0 Å². The van der Waals surface area contributed by atoms with Crippen molar-refractivity contribution in [3.63, 3.8) is 0 Å². The molecule has 0 saturated heterocycles. The molecule has 1 fully saturated rings. The first kappa shape index (κ1) is 19.9. The van der Waals surface area contributed by atoms with Crippen LogP contribution in [0.4, 0.5) is 11.4 Å². The van der Waals surface area contributed by atoms with Crippen LogP contribution in [-0.2, 0) is 22.2 Å². The topological polar surface area (TPSA) is 139 Å². The predicted octanol–water partition coefficient (Wildman–Crippen LogP) is 3.17. The molecule has 0 spiro atoms. The molecule has 12 heteroatoms. The molecule has 3 rings (SSSR count). The van der Waals surface area contributed by atoms with Crippen LogP contribution in [0.5, 0.6) is 11.5 Å². The lowest BCUT2D eigenvalue weighted by molar-refractivity contribution is -0.385. The monoisotopic (exact) mass is 426 g/mol. The van der Waals surface area contributed by atoms with Gasteiger partial charge in [0.2, 0.25) is 22.2 Å². The van der Waals surface area contributed by atoms with Gasteiger partial charge in [0.15, 0.2) is 4.08 Å². The van der Waals surface area contributed by atoms with E-state index in [1.165, 1.54) is 36.4 Å². The molecule has 1 aliphatic carbocycles. The highest BCUT2D eigenvalue weighted by atomic mass is 32.3. The summed E-state index contributed by atoms with van der Waals surface area (Å²) in [6.07, 6.45) is 1.22. The van der Waals surface area contributed by atoms with Crippen molar-refractivity contribution in [3.05, 3.63) is 68.8 Å². The summed E-state index contributed by atoms with van der Waals surface area (Å²) in [5.41, 5.74) is -0.461. The molecule has 2 aromatic carbocycles. The third-order valence-corrected chi connectivity index (χ3v) is 7.66. The molecule has 0 radical (unpaired) electrons. The Morgan fingerprint density at radius 1 is 0.821 bits per heavy atom. The number of hydrogen-bond donors (Lipinski definition) is 0. The van der Waals surface area contributed by atoms with Gasteiger partial charge in [-0.05, 0) is 31.4 Å². The minimum atomic E-state index is -2.11. The largest absolute Gasteiger partial charge is 0.399 e. The van der Waals surface area contributed by atoms with Gasteiger partial charge < -0.3 is 8.37 Å². The molecule has 0 aliphatic heterocycles. The summed E-state index contributed by atoms with van der Waals surface area (Å²) in [4.78, 5) is 20.5. The van der Waals surface area contributed by atoms with Crippen LogP contribution in [0.25, 0.3) is 0 Å². The van der Waals surface area contributed by atoms with Crippen LogP contribution in [0.1, 0.15) is 19.3 Å². The van der Waals surface area contributed by atoms with Crippen molar-refractivity contribution in [1.29, 1.82) is 0 Å². The van der Waals surface area contributed by atoms with Gasteiger partial charge in [-0.3, -0.25) is 20.2 Å². The number of benzene rings is 2. The van der Waals surface area contributed by atoms with Crippen molar-refractivity contribution in [2.45, 2.75) is 23.3 Å². The summed E-state index contributed by atoms with van der Waals surface area (Å²) in [6.45, 7) is 0. The fraction of sp³-hybridized carbons (Fsp3) is 0.250. The standard InChI is InChI=1S/C16H14N2O8S2/c19-17(20)12-4-1-6-14(10-12)25-27(23)16(8-3-9-16)28(24)26-15-7-2-5-13(11-15)18(21)22/h1-2,4-7,10-11H,3,8-9H2. The molecule has 2 unspecified atom stereocenters. The molecule has 2 aromatic rings. The first-order valence-electron chi connectivity index (χ1n) is 8.01. The first-order valence-corrected chi connectivity index (χ1v) is 10.2. The third kappa shape index (κ3) is 4.02. The average Bonchev–Trinajstić information content (AvgIpc) is 2.61. The Balaban J connectivity index is 1.77. The number of rotatable bonds is 8. The maximum atomic E-state index is 12.7. The Hall–Kier alpha value is -2.86. The maximum Gasteiger partial charge on any atom is 0.273 e. The van der Waals surface area contributed by atoms with Crippen molar-refractivity contribution in [2.24, 2.45) is 0 Å². The van der Waals surface area contributed by atoms with E-state index in [1.54, 1.807) is 0 Å². The van der Waals surface area contributed by atoms with Gasteiger partial charge in [-0.2, -0.15) is 0 Å². The van der Waals surface area contributed by atoms with E-state index < -0.39 is 36.1 Å². The zero-order chi connectivity index (χ0) is 20.3. The van der Waals surface area contributed by atoms with E-state index in [9.17, 15) is 28.6 Å². The number of nitrogens with zero attached hydrogens (tertiary/aromatic N) is 2. The highest BCUT2D eigenvalue weighted by Gasteiger charge is 2.53. The molecule has 0 heterocycles. The summed E-state index contributed by atoms with van der Waals surface area (Å²) in [6, 6.07) is 10.3. The Morgan fingerprint density at radius 2 is 1.25 bits per heavy atom. The second kappa shape index (κ2) is 8.02. The molecular weight excluding hydrogens is 412 g/mol. The lowest BCUT2D eigenvalue weighted by atomic mass is 9.99. The summed E-state index contributed by atoms with van der Waals surface area (Å²) in [5.74, 6) is 0.0114. The van der Waals surface area contributed by atoms with E-state index in [-0.39, 0.29) is 35.7 Å². The minimum absolute atomic E-state index is 0.00570. The highest BCUT2D eigenvalue weighted by molar-refractivity contribution is 8.00. The summed E-state index contributed by atoms with van der Waals surface area (Å²) < 4.78 is 34.8. The minimum Gasteiger partial charge on any atom is -0.399 e. The quantitative estimate of drug-likeness (QED) is 0.463. The molecular formula is C16H14N2O8S2. The van der Waals surface area contributed by atoms with Gasteiger partial charge in [0.25, 0.3) is 11.4 Å². The Labute approximate surface area is 164 Å². The molecule has 1 aliphatic rings. The second-order valence-electron chi connectivity index (χ2n) is 5.91. The van der Waals surface area contributed by atoms with Crippen LogP contribution < -0.4 is 8.37 Å². The van der Waals surface area contributed by atoms with Crippen LogP contribution in [0, 0.1) is 20.2 Å². The van der Waals surface area contributed by atoms with Crippen LogP contribution in [-0.4, -0.2) is 22.3 Å². The third-order valence-electron chi connectivity index (χ3n) is 4.12. The normalized spacial score (nSPS) is 17.0. The van der Waals surface area contributed by atoms with Gasteiger partial charge in [0, 0.05) is 12.1 Å². The van der Waals surface area contributed by atoms with Crippen LogP contribution in [0.15, 0.2) is 48.5 Å². The van der Waals surface area contributed by atoms with E-state index in [1.807, 2.05) is 0 Å². The number of nitro benzene ring substituents is 2. The molecule has 1 saturated carbocycles. The van der Waals surface area contributed by atoms with Gasteiger partial charge in [-0.25, -0.2) is 8.42 Å². The van der Waals surface area contributed by atoms with Crippen LogP contribution in [0.2, 0.25) is 0 Å². The average molecular weight is 426 g/mol. The zero-order valence-corrected chi connectivity index (χ0v) is 15.9. The van der Waals surface area contributed by atoms with Crippen LogP contribution >= 0.6 is 0 Å². The molecule has 10 nitrogen and oxygen atoms in total. The summed E-state index contributed by atoms with van der Waals surface area (Å²) in [5, 5.41) is 21.7. The van der Waals surface area contributed by atoms with E-state index in [4.69, 9.17) is 8.37 Å². The predicted molar refractivity (Wildman–Crippen MR) is 100 cm³/mol. The van der Waals surface area contributed by atoms with E-state index >= 15 is 0 Å². The number of non-ortho nitro benzene ring substituents is 2. The fourth-order valence-electron chi connectivity index (χ4n) is 2.48. The Kier molecular flexibility index (Phi) is 5.70. The van der Waals surface area contributed by atoms with E-state index in [2.05, 4.69) is 0 Å². The lowest BCUT2D eigenvalue weighted by Crippen LogP contribution is -2.49. The number of hydrogen-bond acceptors (Lipinski definition) is 8. The molecule has 148 valence electrons. The smallest absolute Gasteiger partial charge is 0.273 e. The molecule has 0 bridgehead atoms. The maximum absolute atomic E-state index is 12.7. The van der Waals surface area contributed by atoms with Crippen molar-refractivity contribution in [2.75, 3.05) is 0 Å². The second-order valence-corrected chi connectivity index (χ2v) is 9.00. The first-order chi connectivity index (χ1) is 13.3. The summed E-state index contributed by atoms with van der Waals surface area (Å²) in [7, 11) is 0. The molecule has 2 atom stereocenters. The van der Waals surface area contributed by atoms with Gasteiger partial charge in [0.1, 0.15) is 11.5 Å². The molecule has 0 amide bonds. The highest BCUT2D eigenvalue weighted by Crippen LogP contribution is 2.42. The van der Waals surface area contributed by atoms with Crippen molar-refractivity contribution >= 4 is 33.5 Å². The molecule has 0 N–H and O–H groups in total. The zero-order valence-electron chi connectivity index (χ0n) is 14.2. The fourth-order valence-corrected chi connectivity index (χ4v) is 5.23. The van der Waals surface area contributed by atoms with Gasteiger partial charge >= 0.3 is 0 Å².